The van der Waals surface area contributed by atoms with E-state index in [0.29, 0.717) is 25.2 Å². The Hall–Kier alpha value is -1.85. The lowest BCUT2D eigenvalue weighted by Crippen LogP contribution is -2.42. The number of carbonyl (C=O) groups is 2. The van der Waals surface area contributed by atoms with Crippen LogP contribution in [0.5, 0.6) is 0 Å². The van der Waals surface area contributed by atoms with E-state index in [1.54, 1.807) is 22.7 Å². The van der Waals surface area contributed by atoms with Crippen molar-refractivity contribution >= 4 is 11.9 Å². The second-order valence-electron chi connectivity index (χ2n) is 4.72. The minimum Gasteiger partial charge on any atom is -0.481 e. The van der Waals surface area contributed by atoms with Crippen LogP contribution in [0.15, 0.2) is 6.07 Å². The van der Waals surface area contributed by atoms with Gasteiger partial charge in [-0.2, -0.15) is 5.10 Å². The molecule has 1 amide bonds. The van der Waals surface area contributed by atoms with Crippen LogP contribution in [0.25, 0.3) is 0 Å². The first-order valence-corrected chi connectivity index (χ1v) is 6.01. The summed E-state index contributed by atoms with van der Waals surface area (Å²) in [5.74, 6) is -1.41. The molecule has 6 nitrogen and oxygen atoms in total. The van der Waals surface area contributed by atoms with Gasteiger partial charge in [-0.15, -0.1) is 0 Å². The predicted octanol–water partition coefficient (Wildman–Crippen LogP) is 0.665. The standard InChI is InChI=1S/C12H17N3O3/c1-8-6-10(14(2)13-8)11(16)15-5-3-4-9(7-15)12(17)18/h6,9H,3-5,7H2,1-2H3,(H,17,18). The van der Waals surface area contributed by atoms with Gasteiger partial charge in [0.05, 0.1) is 11.6 Å². The first-order chi connectivity index (χ1) is 8.49. The molecule has 0 bridgehead atoms. The summed E-state index contributed by atoms with van der Waals surface area (Å²) in [7, 11) is 1.72. The topological polar surface area (TPSA) is 75.4 Å². The molecule has 1 aliphatic heterocycles. The highest BCUT2D eigenvalue weighted by Crippen LogP contribution is 2.19. The average molecular weight is 251 g/mol. The lowest BCUT2D eigenvalue weighted by atomic mass is 9.98. The Labute approximate surface area is 105 Å². The number of hydrogen-bond donors (Lipinski definition) is 1. The number of carboxylic acid groups (broad SMARTS) is 1. The highest BCUT2D eigenvalue weighted by molar-refractivity contribution is 5.93. The van der Waals surface area contributed by atoms with Gasteiger partial charge in [-0.1, -0.05) is 0 Å². The van der Waals surface area contributed by atoms with Crippen molar-refractivity contribution in [2.75, 3.05) is 13.1 Å². The molecule has 1 aliphatic rings. The van der Waals surface area contributed by atoms with Gasteiger partial charge < -0.3 is 10.0 Å². The minimum absolute atomic E-state index is 0.135. The Kier molecular flexibility index (Phi) is 3.36. The first kappa shape index (κ1) is 12.6. The van der Waals surface area contributed by atoms with Crippen LogP contribution in [0, 0.1) is 12.8 Å². The molecule has 1 atom stereocenters. The fourth-order valence-electron chi connectivity index (χ4n) is 2.34. The maximum atomic E-state index is 12.3. The second kappa shape index (κ2) is 4.80. The molecular weight excluding hydrogens is 234 g/mol. The molecule has 0 aliphatic carbocycles. The number of piperidine rings is 1. The van der Waals surface area contributed by atoms with E-state index in [4.69, 9.17) is 5.11 Å². The van der Waals surface area contributed by atoms with Crippen molar-refractivity contribution in [3.05, 3.63) is 17.5 Å². The average Bonchev–Trinajstić information content (AvgIpc) is 2.67. The van der Waals surface area contributed by atoms with Crippen molar-refractivity contribution in [1.29, 1.82) is 0 Å². The number of carbonyl (C=O) groups excluding carboxylic acids is 1. The van der Waals surface area contributed by atoms with Gasteiger partial charge in [0, 0.05) is 20.1 Å². The van der Waals surface area contributed by atoms with Crippen LogP contribution >= 0.6 is 0 Å². The van der Waals surface area contributed by atoms with Gasteiger partial charge in [-0.05, 0) is 25.8 Å². The SMILES string of the molecule is Cc1cc(C(=O)N2CCCC(C(=O)O)C2)n(C)n1. The molecule has 0 aromatic carbocycles. The molecule has 1 N–H and O–H groups in total. The van der Waals surface area contributed by atoms with E-state index >= 15 is 0 Å². The maximum Gasteiger partial charge on any atom is 0.308 e. The zero-order chi connectivity index (χ0) is 13.3. The van der Waals surface area contributed by atoms with E-state index in [0.717, 1.165) is 12.1 Å². The predicted molar refractivity (Wildman–Crippen MR) is 64.2 cm³/mol. The summed E-state index contributed by atoms with van der Waals surface area (Å²) in [6.07, 6.45) is 1.38. The molecule has 1 aromatic rings. The molecule has 2 heterocycles. The molecule has 1 fully saturated rings. The number of aliphatic carboxylic acids is 1. The van der Waals surface area contributed by atoms with E-state index in [9.17, 15) is 9.59 Å². The highest BCUT2D eigenvalue weighted by Gasteiger charge is 2.29. The molecule has 1 aromatic heterocycles. The third kappa shape index (κ3) is 2.37. The summed E-state index contributed by atoms with van der Waals surface area (Å²) in [6, 6.07) is 1.73. The third-order valence-corrected chi connectivity index (χ3v) is 3.28. The second-order valence-corrected chi connectivity index (χ2v) is 4.72. The van der Waals surface area contributed by atoms with Crippen LogP contribution in [0.3, 0.4) is 0 Å². The quantitative estimate of drug-likeness (QED) is 0.838. The van der Waals surface area contributed by atoms with Crippen molar-refractivity contribution in [1.82, 2.24) is 14.7 Å². The Morgan fingerprint density at radius 3 is 2.78 bits per heavy atom. The van der Waals surface area contributed by atoms with E-state index in [1.165, 1.54) is 0 Å². The van der Waals surface area contributed by atoms with E-state index in [2.05, 4.69) is 5.10 Å². The third-order valence-electron chi connectivity index (χ3n) is 3.28. The molecule has 0 saturated carbocycles. The number of rotatable bonds is 2. The van der Waals surface area contributed by atoms with Crippen molar-refractivity contribution in [2.24, 2.45) is 13.0 Å². The number of hydrogen-bond acceptors (Lipinski definition) is 3. The highest BCUT2D eigenvalue weighted by atomic mass is 16.4. The van der Waals surface area contributed by atoms with Gasteiger partial charge in [0.1, 0.15) is 5.69 Å². The molecular formula is C12H17N3O3. The van der Waals surface area contributed by atoms with Crippen molar-refractivity contribution in [3.8, 4) is 0 Å². The summed E-state index contributed by atoms with van der Waals surface area (Å²) < 4.78 is 1.54. The van der Waals surface area contributed by atoms with Crippen LogP contribution in [0.1, 0.15) is 29.0 Å². The normalized spacial score (nSPS) is 19.9. The monoisotopic (exact) mass is 251 g/mol. The molecule has 1 unspecified atom stereocenters. The molecule has 1 saturated heterocycles. The fourth-order valence-corrected chi connectivity index (χ4v) is 2.34. The van der Waals surface area contributed by atoms with Gasteiger partial charge in [-0.25, -0.2) is 0 Å². The van der Waals surface area contributed by atoms with Crippen LogP contribution in [0.2, 0.25) is 0 Å². The zero-order valence-corrected chi connectivity index (χ0v) is 10.6. The summed E-state index contributed by atoms with van der Waals surface area (Å²) in [4.78, 5) is 24.9. The Bertz CT molecular complexity index is 481. The van der Waals surface area contributed by atoms with Gasteiger partial charge in [0.2, 0.25) is 0 Å². The number of nitrogens with zero attached hydrogens (tertiary/aromatic N) is 3. The van der Waals surface area contributed by atoms with Gasteiger partial charge in [0.25, 0.3) is 5.91 Å². The van der Waals surface area contributed by atoms with Gasteiger partial charge >= 0.3 is 5.97 Å². The van der Waals surface area contributed by atoms with E-state index in [1.807, 2.05) is 6.92 Å². The zero-order valence-electron chi connectivity index (χ0n) is 10.6. The van der Waals surface area contributed by atoms with Crippen molar-refractivity contribution in [3.63, 3.8) is 0 Å². The summed E-state index contributed by atoms with van der Waals surface area (Å²) in [5.41, 5.74) is 1.30. The van der Waals surface area contributed by atoms with E-state index in [-0.39, 0.29) is 5.91 Å². The Morgan fingerprint density at radius 1 is 1.50 bits per heavy atom. The van der Waals surface area contributed by atoms with Crippen LogP contribution in [-0.2, 0) is 11.8 Å². The van der Waals surface area contributed by atoms with Gasteiger partial charge in [0.15, 0.2) is 0 Å². The molecule has 18 heavy (non-hydrogen) atoms. The van der Waals surface area contributed by atoms with Crippen molar-refractivity contribution < 1.29 is 14.7 Å². The van der Waals surface area contributed by atoms with E-state index < -0.39 is 11.9 Å². The molecule has 2 rings (SSSR count). The van der Waals surface area contributed by atoms with Crippen LogP contribution in [0.4, 0.5) is 0 Å². The smallest absolute Gasteiger partial charge is 0.308 e. The first-order valence-electron chi connectivity index (χ1n) is 6.01. The van der Waals surface area contributed by atoms with Crippen LogP contribution in [-0.4, -0.2) is 44.8 Å². The summed E-state index contributed by atoms with van der Waals surface area (Å²) >= 11 is 0. The number of amides is 1. The summed E-state index contributed by atoms with van der Waals surface area (Å²) in [5, 5.41) is 13.1. The number of carboxylic acids is 1. The molecule has 98 valence electrons. The fraction of sp³-hybridized carbons (Fsp3) is 0.583. The largest absolute Gasteiger partial charge is 0.481 e. The summed E-state index contributed by atoms with van der Waals surface area (Å²) in [6.45, 7) is 2.73. The Balaban J connectivity index is 2.14. The van der Waals surface area contributed by atoms with Gasteiger partial charge in [-0.3, -0.25) is 14.3 Å². The molecule has 0 spiro atoms. The van der Waals surface area contributed by atoms with Crippen molar-refractivity contribution in [2.45, 2.75) is 19.8 Å². The number of aromatic nitrogens is 2. The van der Waals surface area contributed by atoms with Crippen LogP contribution < -0.4 is 0 Å². The Morgan fingerprint density at radius 2 is 2.22 bits per heavy atom. The molecule has 0 radical (unpaired) electrons. The molecule has 6 heteroatoms. The lowest BCUT2D eigenvalue weighted by Gasteiger charge is -2.30. The number of likely N-dealkylation sites (tertiary alicyclic amines) is 1. The minimum atomic E-state index is -0.825. The number of aryl methyl sites for hydroxylation is 2. The maximum absolute atomic E-state index is 12.3. The lowest BCUT2D eigenvalue weighted by molar-refractivity contribution is -0.143.